The van der Waals surface area contributed by atoms with Crippen molar-refractivity contribution in [2.75, 3.05) is 0 Å². The number of hydrogen-bond donors (Lipinski definition) is 1. The largest absolute Gasteiger partial charge is 0.320 e. The second-order valence-corrected chi connectivity index (χ2v) is 5.16. The third-order valence-corrected chi connectivity index (χ3v) is 3.59. The van der Waals surface area contributed by atoms with Crippen LogP contribution < -0.4 is 5.56 Å². The van der Waals surface area contributed by atoms with Gasteiger partial charge in [-0.3, -0.25) is 9.78 Å². The van der Waals surface area contributed by atoms with Crippen molar-refractivity contribution in [1.82, 2.24) is 24.5 Å². The fraction of sp³-hybridized carbons (Fsp3) is 0.0588. The maximum atomic E-state index is 12.5. The number of fused-ring (bicyclic) bond motifs is 1. The first kappa shape index (κ1) is 13.4. The molecule has 0 unspecified atom stereocenters. The van der Waals surface area contributed by atoms with Crippen LogP contribution in [0.15, 0.2) is 65.8 Å². The lowest BCUT2D eigenvalue weighted by Gasteiger charge is -2.04. The summed E-state index contributed by atoms with van der Waals surface area (Å²) >= 11 is 0. The lowest BCUT2D eigenvalue weighted by Crippen LogP contribution is -2.14. The van der Waals surface area contributed by atoms with Gasteiger partial charge in [-0.25, -0.2) is 9.97 Å². The molecule has 3 heterocycles. The number of benzene rings is 1. The van der Waals surface area contributed by atoms with E-state index in [1.807, 2.05) is 42.5 Å². The van der Waals surface area contributed by atoms with E-state index in [1.54, 1.807) is 23.2 Å². The molecule has 0 saturated carbocycles. The van der Waals surface area contributed by atoms with Crippen LogP contribution in [0.25, 0.3) is 22.7 Å². The van der Waals surface area contributed by atoms with Crippen molar-refractivity contribution in [3.05, 3.63) is 77.0 Å². The van der Waals surface area contributed by atoms with Crippen molar-refractivity contribution in [3.63, 3.8) is 0 Å². The Bertz CT molecular complexity index is 1010. The number of aromatic amines is 1. The minimum absolute atomic E-state index is 0.218. The Morgan fingerprint density at radius 3 is 2.61 bits per heavy atom. The van der Waals surface area contributed by atoms with Crippen LogP contribution in [-0.4, -0.2) is 24.5 Å². The third-order valence-electron chi connectivity index (χ3n) is 3.59. The van der Waals surface area contributed by atoms with Gasteiger partial charge in [-0.05, 0) is 17.7 Å². The van der Waals surface area contributed by atoms with Gasteiger partial charge in [-0.15, -0.1) is 0 Å². The van der Waals surface area contributed by atoms with Gasteiger partial charge in [0.1, 0.15) is 5.69 Å². The standard InChI is InChI=1S/C17H13N5O/c23-17-14-16(20-15(21-17)13-8-4-5-9-18-13)19-11-22(14)10-12-6-2-1-3-7-12/h1-9,11H,10H2,(H,20,21,23). The van der Waals surface area contributed by atoms with Crippen molar-refractivity contribution in [2.45, 2.75) is 6.54 Å². The number of aromatic nitrogens is 5. The Kier molecular flexibility index (Phi) is 3.20. The van der Waals surface area contributed by atoms with Crippen LogP contribution in [0.5, 0.6) is 0 Å². The first-order valence-corrected chi connectivity index (χ1v) is 7.22. The Morgan fingerprint density at radius 1 is 1.00 bits per heavy atom. The van der Waals surface area contributed by atoms with E-state index in [0.29, 0.717) is 29.2 Å². The van der Waals surface area contributed by atoms with Crippen LogP contribution in [-0.2, 0) is 6.54 Å². The highest BCUT2D eigenvalue weighted by molar-refractivity contribution is 5.72. The lowest BCUT2D eigenvalue weighted by atomic mass is 10.2. The molecule has 0 aliphatic heterocycles. The van der Waals surface area contributed by atoms with Gasteiger partial charge in [0.15, 0.2) is 17.0 Å². The molecule has 0 radical (unpaired) electrons. The normalized spacial score (nSPS) is 11.0. The van der Waals surface area contributed by atoms with Crippen molar-refractivity contribution in [2.24, 2.45) is 0 Å². The number of H-pyrrole nitrogens is 1. The zero-order valence-corrected chi connectivity index (χ0v) is 12.2. The molecule has 0 spiro atoms. The average Bonchev–Trinajstić information content (AvgIpc) is 3.00. The van der Waals surface area contributed by atoms with E-state index in [-0.39, 0.29) is 5.56 Å². The summed E-state index contributed by atoms with van der Waals surface area (Å²) in [5.74, 6) is 0.424. The predicted octanol–water partition coefficient (Wildman–Crippen LogP) is 2.23. The maximum Gasteiger partial charge on any atom is 0.277 e. The lowest BCUT2D eigenvalue weighted by molar-refractivity contribution is 0.819. The summed E-state index contributed by atoms with van der Waals surface area (Å²) in [6.07, 6.45) is 3.30. The van der Waals surface area contributed by atoms with Crippen LogP contribution in [0.4, 0.5) is 0 Å². The molecule has 0 atom stereocenters. The second-order valence-electron chi connectivity index (χ2n) is 5.16. The summed E-state index contributed by atoms with van der Waals surface area (Å²) in [5.41, 5.74) is 2.38. The molecule has 112 valence electrons. The molecule has 6 nitrogen and oxygen atoms in total. The molecular weight excluding hydrogens is 290 g/mol. The molecule has 4 aromatic rings. The Labute approximate surface area is 131 Å². The second kappa shape index (κ2) is 5.49. The minimum Gasteiger partial charge on any atom is -0.320 e. The molecule has 1 aromatic carbocycles. The highest BCUT2D eigenvalue weighted by atomic mass is 16.1. The molecular formula is C17H13N5O. The predicted molar refractivity (Wildman–Crippen MR) is 86.9 cm³/mol. The smallest absolute Gasteiger partial charge is 0.277 e. The summed E-state index contributed by atoms with van der Waals surface area (Å²) in [4.78, 5) is 28.1. The summed E-state index contributed by atoms with van der Waals surface area (Å²) in [7, 11) is 0. The zero-order valence-electron chi connectivity index (χ0n) is 12.2. The van der Waals surface area contributed by atoms with Gasteiger partial charge in [-0.2, -0.15) is 0 Å². The van der Waals surface area contributed by atoms with Gasteiger partial charge in [0.25, 0.3) is 5.56 Å². The summed E-state index contributed by atoms with van der Waals surface area (Å²) in [6.45, 7) is 0.574. The van der Waals surface area contributed by atoms with E-state index in [9.17, 15) is 4.79 Å². The molecule has 1 N–H and O–H groups in total. The van der Waals surface area contributed by atoms with Crippen LogP contribution in [0, 0.1) is 0 Å². The Balaban J connectivity index is 1.80. The molecule has 4 rings (SSSR count). The van der Waals surface area contributed by atoms with Crippen molar-refractivity contribution in [3.8, 4) is 11.5 Å². The first-order valence-electron chi connectivity index (χ1n) is 7.22. The fourth-order valence-electron chi connectivity index (χ4n) is 2.51. The first-order chi connectivity index (χ1) is 11.3. The van der Waals surface area contributed by atoms with E-state index in [0.717, 1.165) is 5.56 Å². The van der Waals surface area contributed by atoms with Crippen LogP contribution >= 0.6 is 0 Å². The minimum atomic E-state index is -0.218. The van der Waals surface area contributed by atoms with Crippen LogP contribution in [0.2, 0.25) is 0 Å². The van der Waals surface area contributed by atoms with Gasteiger partial charge >= 0.3 is 0 Å². The molecule has 0 amide bonds. The van der Waals surface area contributed by atoms with Gasteiger partial charge in [0.2, 0.25) is 0 Å². The van der Waals surface area contributed by atoms with E-state index < -0.39 is 0 Å². The number of nitrogens with one attached hydrogen (secondary N) is 1. The quantitative estimate of drug-likeness (QED) is 0.629. The van der Waals surface area contributed by atoms with E-state index in [2.05, 4.69) is 19.9 Å². The van der Waals surface area contributed by atoms with E-state index in [1.165, 1.54) is 0 Å². The number of rotatable bonds is 3. The number of pyridine rings is 1. The Morgan fingerprint density at radius 2 is 1.83 bits per heavy atom. The van der Waals surface area contributed by atoms with E-state index >= 15 is 0 Å². The van der Waals surface area contributed by atoms with Gasteiger partial charge in [0.05, 0.1) is 6.33 Å². The highest BCUT2D eigenvalue weighted by Gasteiger charge is 2.12. The van der Waals surface area contributed by atoms with Crippen molar-refractivity contribution < 1.29 is 0 Å². The summed E-state index contributed by atoms with van der Waals surface area (Å²) in [6, 6.07) is 15.4. The molecule has 0 aliphatic carbocycles. The number of imidazole rings is 1. The molecule has 23 heavy (non-hydrogen) atoms. The fourth-order valence-corrected chi connectivity index (χ4v) is 2.51. The highest BCUT2D eigenvalue weighted by Crippen LogP contribution is 2.14. The molecule has 6 heteroatoms. The molecule has 0 aliphatic rings. The average molecular weight is 303 g/mol. The SMILES string of the molecule is O=c1[nH]c(-c2ccccn2)nc2ncn(Cc3ccccc3)c12. The Hall–Kier alpha value is -3.28. The molecule has 0 bridgehead atoms. The maximum absolute atomic E-state index is 12.5. The van der Waals surface area contributed by atoms with Gasteiger partial charge in [0, 0.05) is 12.7 Å². The third kappa shape index (κ3) is 2.50. The molecule has 0 saturated heterocycles. The number of nitrogens with zero attached hydrogens (tertiary/aromatic N) is 4. The molecule has 0 fully saturated rings. The number of hydrogen-bond acceptors (Lipinski definition) is 4. The van der Waals surface area contributed by atoms with Crippen LogP contribution in [0.3, 0.4) is 0 Å². The van der Waals surface area contributed by atoms with E-state index in [4.69, 9.17) is 0 Å². The molecule has 3 aromatic heterocycles. The summed E-state index contributed by atoms with van der Waals surface area (Å²) < 4.78 is 1.80. The summed E-state index contributed by atoms with van der Waals surface area (Å²) in [5, 5.41) is 0. The van der Waals surface area contributed by atoms with Crippen LogP contribution in [0.1, 0.15) is 5.56 Å². The van der Waals surface area contributed by atoms with Gasteiger partial charge < -0.3 is 9.55 Å². The van der Waals surface area contributed by atoms with Crippen molar-refractivity contribution >= 4 is 11.2 Å². The topological polar surface area (TPSA) is 76.5 Å². The van der Waals surface area contributed by atoms with Gasteiger partial charge in [-0.1, -0.05) is 36.4 Å². The monoisotopic (exact) mass is 303 g/mol. The van der Waals surface area contributed by atoms with Crippen molar-refractivity contribution in [1.29, 1.82) is 0 Å². The zero-order chi connectivity index (χ0) is 15.6.